The van der Waals surface area contributed by atoms with Crippen LogP contribution in [-0.2, 0) is 53.2 Å². The zero-order chi connectivity index (χ0) is 35.9. The number of hydrogen-bond donors (Lipinski definition) is 0. The second kappa shape index (κ2) is 19.6. The summed E-state index contributed by atoms with van der Waals surface area (Å²) in [5.41, 5.74) is 17.0. The van der Waals surface area contributed by atoms with Gasteiger partial charge < -0.3 is 24.8 Å². The van der Waals surface area contributed by atoms with Crippen LogP contribution in [0.1, 0.15) is 80.5 Å². The molecular weight excluding hydrogens is 798 g/mol. The van der Waals surface area contributed by atoms with E-state index < -0.39 is 0 Å². The van der Waals surface area contributed by atoms with Gasteiger partial charge in [-0.25, -0.2) is 12.1 Å². The molecule has 0 bridgehead atoms. The van der Waals surface area contributed by atoms with Gasteiger partial charge in [0.1, 0.15) is 0 Å². The van der Waals surface area contributed by atoms with Crippen molar-refractivity contribution in [3.8, 4) is 33.4 Å². The third kappa shape index (κ3) is 11.0. The molecule has 0 atom stereocenters. The molecule has 0 radical (unpaired) electrons. The van der Waals surface area contributed by atoms with E-state index in [2.05, 4.69) is 142 Å². The zero-order valence-electron chi connectivity index (χ0n) is 30.8. The number of alkyl halides is 2. The molecule has 1 aliphatic rings. The molecule has 0 spiro atoms. The number of rotatable bonds is 5. The van der Waals surface area contributed by atoms with Crippen molar-refractivity contribution in [2.75, 3.05) is 0 Å². The summed E-state index contributed by atoms with van der Waals surface area (Å²) in [6.07, 6.45) is 0.944. The molecular formula is C47H46Cl4Zr-2. The molecule has 5 heteroatoms. The van der Waals surface area contributed by atoms with Gasteiger partial charge in [-0.05, 0) is 39.5 Å². The summed E-state index contributed by atoms with van der Waals surface area (Å²) >= 11 is 12.9. The molecule has 0 aliphatic heterocycles. The van der Waals surface area contributed by atoms with E-state index in [4.69, 9.17) is 23.2 Å². The standard InChI is InChI=1S/C33H33.C9H8Cl2.C5H5.2ClH.Zr/c1-32(2,3)30-20-26-24(18-28(30)22-13-9-7-10-14-22)17-25-19-29(23-15-11-8-12-16-23)31(21-27(25)26)33(4,5)6;1-7-2-8(5-10)4-9(3-7)6-11;1-2-4-5-3-1;;;/h7-16,18,20-21H,17H2,1-6H3;1-4H,5-6H2;1-5H;2*1H;/q-1;;-1;;;+2/p-2. The Morgan fingerprint density at radius 1 is 0.635 bits per heavy atom. The van der Waals surface area contributed by atoms with Crippen LogP contribution in [0.2, 0.25) is 0 Å². The fourth-order valence-electron chi connectivity index (χ4n) is 6.45. The third-order valence-corrected chi connectivity index (χ3v) is 10.4. The molecule has 6 aromatic rings. The average Bonchev–Trinajstić information content (AvgIpc) is 3.82. The normalized spacial score (nSPS) is 11.3. The van der Waals surface area contributed by atoms with E-state index in [9.17, 15) is 0 Å². The Morgan fingerprint density at radius 3 is 1.62 bits per heavy atom. The Labute approximate surface area is 349 Å². The molecule has 0 N–H and O–H groups in total. The van der Waals surface area contributed by atoms with Crippen molar-refractivity contribution in [1.82, 2.24) is 0 Å². The maximum Gasteiger partial charge on any atom is -0.172 e. The van der Waals surface area contributed by atoms with E-state index in [1.807, 2.05) is 36.4 Å². The summed E-state index contributed by atoms with van der Waals surface area (Å²) in [5, 5.41) is 0. The van der Waals surface area contributed by atoms with Crippen LogP contribution in [0, 0.1) is 6.07 Å². The first-order chi connectivity index (χ1) is 23.9. The maximum atomic E-state index is 5.74. The Kier molecular flexibility index (Phi) is 16.5. The van der Waals surface area contributed by atoms with Crippen LogP contribution in [0.15, 0.2) is 127 Å². The summed E-state index contributed by atoms with van der Waals surface area (Å²) in [4.78, 5) is 0. The number of halogens is 4. The number of hydrogen-bond acceptors (Lipinski definition) is 0. The van der Waals surface area contributed by atoms with Crippen LogP contribution in [0.3, 0.4) is 0 Å². The van der Waals surface area contributed by atoms with Gasteiger partial charge in [0.15, 0.2) is 0 Å². The Hall–Kier alpha value is -2.64. The van der Waals surface area contributed by atoms with Crippen molar-refractivity contribution in [2.45, 2.75) is 70.6 Å². The van der Waals surface area contributed by atoms with Crippen LogP contribution in [0.4, 0.5) is 0 Å². The average molecular weight is 844 g/mol. The van der Waals surface area contributed by atoms with Crippen molar-refractivity contribution in [3.63, 3.8) is 0 Å². The van der Waals surface area contributed by atoms with Crippen molar-refractivity contribution in [1.29, 1.82) is 0 Å². The summed E-state index contributed by atoms with van der Waals surface area (Å²) in [6, 6.07) is 49.1. The SMILES string of the molecule is CC(C)(C)c1cc2c([c-]c1-c1ccccc1)Cc1cc(-c3ccccc3)c(C(C)(C)C)cc1-2.ClCc1cc([CH]=[Zr+2])cc(CCl)c1.[Cl-].[Cl-].c1cc[cH-]c1. The van der Waals surface area contributed by atoms with E-state index >= 15 is 0 Å². The molecule has 0 saturated carbocycles. The first-order valence-electron chi connectivity index (χ1n) is 17.2. The minimum atomic E-state index is 0. The molecule has 7 rings (SSSR count). The van der Waals surface area contributed by atoms with E-state index in [0.29, 0.717) is 11.8 Å². The quantitative estimate of drug-likeness (QED) is 0.127. The van der Waals surface area contributed by atoms with Crippen LogP contribution < -0.4 is 24.8 Å². The minimum Gasteiger partial charge on any atom is -1.00 e. The Balaban J connectivity index is 0.000000318. The van der Waals surface area contributed by atoms with Gasteiger partial charge in [0.25, 0.3) is 0 Å². The predicted molar refractivity (Wildman–Crippen MR) is 215 cm³/mol. The molecule has 1 aliphatic carbocycles. The third-order valence-electron chi connectivity index (χ3n) is 8.93. The zero-order valence-corrected chi connectivity index (χ0v) is 36.3. The van der Waals surface area contributed by atoms with E-state index in [1.54, 1.807) is 0 Å². The van der Waals surface area contributed by atoms with Crippen molar-refractivity contribution < 1.29 is 49.0 Å². The van der Waals surface area contributed by atoms with Crippen molar-refractivity contribution in [3.05, 3.63) is 172 Å². The van der Waals surface area contributed by atoms with E-state index in [0.717, 1.165) is 17.5 Å². The fourth-order valence-corrected chi connectivity index (χ4v) is 7.17. The Morgan fingerprint density at radius 2 is 1.15 bits per heavy atom. The second-order valence-corrected chi connectivity index (χ2v) is 16.1. The summed E-state index contributed by atoms with van der Waals surface area (Å²) in [7, 11) is 0. The molecule has 0 aromatic heterocycles. The van der Waals surface area contributed by atoms with Gasteiger partial charge in [0.2, 0.25) is 0 Å². The first-order valence-corrected chi connectivity index (χ1v) is 19.7. The van der Waals surface area contributed by atoms with Crippen LogP contribution in [0.25, 0.3) is 33.4 Å². The van der Waals surface area contributed by atoms with Gasteiger partial charge in [0.05, 0.1) is 0 Å². The smallest absolute Gasteiger partial charge is 0.172 e. The fraction of sp³-hybridized carbons (Fsp3) is 0.234. The van der Waals surface area contributed by atoms with Crippen LogP contribution >= 0.6 is 23.2 Å². The van der Waals surface area contributed by atoms with Gasteiger partial charge >= 0.3 is 97.8 Å². The molecule has 0 amide bonds. The summed E-state index contributed by atoms with van der Waals surface area (Å²) in [6.45, 7) is 13.9. The van der Waals surface area contributed by atoms with Gasteiger partial charge in [-0.3, -0.25) is 0 Å². The second-order valence-electron chi connectivity index (χ2n) is 14.9. The summed E-state index contributed by atoms with van der Waals surface area (Å²) in [5.74, 6) is 1.11. The van der Waals surface area contributed by atoms with Gasteiger partial charge in [-0.1, -0.05) is 131 Å². The molecule has 52 heavy (non-hydrogen) atoms. The molecule has 6 aromatic carbocycles. The van der Waals surface area contributed by atoms with Crippen LogP contribution in [0.5, 0.6) is 0 Å². The van der Waals surface area contributed by atoms with Crippen LogP contribution in [-0.4, -0.2) is 3.71 Å². The molecule has 268 valence electrons. The van der Waals surface area contributed by atoms with E-state index in [1.165, 1.54) is 85.4 Å². The van der Waals surface area contributed by atoms with Crippen molar-refractivity contribution >= 4 is 26.9 Å². The number of fused-ring (bicyclic) bond motifs is 3. The minimum absolute atomic E-state index is 0. The van der Waals surface area contributed by atoms with E-state index in [-0.39, 0.29) is 35.6 Å². The maximum absolute atomic E-state index is 5.74. The summed E-state index contributed by atoms with van der Waals surface area (Å²) < 4.78 is 2.14. The molecule has 0 unspecified atom stereocenters. The topological polar surface area (TPSA) is 0 Å². The van der Waals surface area contributed by atoms with Gasteiger partial charge in [-0.2, -0.15) is 18.2 Å². The number of benzene rings is 5. The molecule has 0 nitrogen and oxygen atoms in total. The van der Waals surface area contributed by atoms with Crippen molar-refractivity contribution in [2.24, 2.45) is 0 Å². The predicted octanol–water partition coefficient (Wildman–Crippen LogP) is 7.26. The molecule has 0 heterocycles. The monoisotopic (exact) mass is 840 g/mol. The Bertz CT molecular complexity index is 1870. The molecule has 0 saturated heterocycles. The first kappa shape index (κ1) is 43.8. The molecule has 0 fully saturated rings. The van der Waals surface area contributed by atoms with Gasteiger partial charge in [-0.15, -0.1) is 28.8 Å². The van der Waals surface area contributed by atoms with Gasteiger partial charge in [0, 0.05) is 0 Å². The largest absolute Gasteiger partial charge is 1.00 e.